The number of nitrogens with two attached hydrogens (primary N) is 1. The first-order valence-electron chi connectivity index (χ1n) is 8.66. The number of ether oxygens (including phenoxy) is 1. The highest BCUT2D eigenvalue weighted by atomic mass is 35.5. The molecule has 0 saturated carbocycles. The number of nitrogens with one attached hydrogen (secondary N) is 1. The van der Waals surface area contributed by atoms with Crippen LogP contribution in [0.15, 0.2) is 35.9 Å². The van der Waals surface area contributed by atoms with E-state index in [1.807, 2.05) is 0 Å². The van der Waals surface area contributed by atoms with Gasteiger partial charge in [-0.1, -0.05) is 40.9 Å². The Balaban J connectivity index is 2.00. The SMILES string of the molecule is Cc1ccc(Cl)cc1N1C(=O)NC(=O)/C(=C\c2cc(Cl)c(OCC(N)=O)c(Cl)c2)C1=O. The number of nitrogens with zero attached hydrogens (tertiary/aromatic N) is 1. The molecule has 8 nitrogen and oxygen atoms in total. The fraction of sp³-hybridized carbons (Fsp3) is 0.100. The molecule has 3 N–H and O–H groups in total. The van der Waals surface area contributed by atoms with Crippen LogP contribution in [0.3, 0.4) is 0 Å². The Labute approximate surface area is 191 Å². The van der Waals surface area contributed by atoms with Gasteiger partial charge < -0.3 is 10.5 Å². The summed E-state index contributed by atoms with van der Waals surface area (Å²) in [5.74, 6) is -2.42. The molecule has 2 aromatic carbocycles. The summed E-state index contributed by atoms with van der Waals surface area (Å²) in [5.41, 5.74) is 5.84. The fourth-order valence-corrected chi connectivity index (χ4v) is 3.59. The molecule has 0 spiro atoms. The van der Waals surface area contributed by atoms with Crippen LogP contribution in [-0.4, -0.2) is 30.4 Å². The minimum absolute atomic E-state index is 0.0232. The number of halogens is 3. The van der Waals surface area contributed by atoms with E-state index in [0.29, 0.717) is 10.6 Å². The van der Waals surface area contributed by atoms with Crippen molar-refractivity contribution in [3.63, 3.8) is 0 Å². The number of anilines is 1. The molecule has 0 bridgehead atoms. The number of aryl methyl sites for hydroxylation is 1. The average molecular weight is 483 g/mol. The van der Waals surface area contributed by atoms with Gasteiger partial charge in [0.1, 0.15) is 5.57 Å². The molecule has 1 heterocycles. The molecule has 11 heteroatoms. The topological polar surface area (TPSA) is 119 Å². The molecule has 3 rings (SSSR count). The first kappa shape index (κ1) is 22.6. The van der Waals surface area contributed by atoms with Crippen LogP contribution in [-0.2, 0) is 14.4 Å². The van der Waals surface area contributed by atoms with Crippen LogP contribution in [0.25, 0.3) is 6.08 Å². The molecule has 31 heavy (non-hydrogen) atoms. The quantitative estimate of drug-likeness (QED) is 0.499. The van der Waals surface area contributed by atoms with Gasteiger partial charge in [0, 0.05) is 5.02 Å². The van der Waals surface area contributed by atoms with E-state index in [2.05, 4.69) is 5.32 Å². The number of primary amides is 1. The number of hydrogen-bond donors (Lipinski definition) is 2. The lowest BCUT2D eigenvalue weighted by atomic mass is 10.1. The molecule has 160 valence electrons. The fourth-order valence-electron chi connectivity index (χ4n) is 2.81. The van der Waals surface area contributed by atoms with Crippen molar-refractivity contribution in [2.24, 2.45) is 5.73 Å². The first-order chi connectivity index (χ1) is 14.6. The first-order valence-corrected chi connectivity index (χ1v) is 9.79. The minimum atomic E-state index is -0.899. The van der Waals surface area contributed by atoms with E-state index in [9.17, 15) is 19.2 Å². The lowest BCUT2D eigenvalue weighted by molar-refractivity contribution is -0.123. The third-order valence-corrected chi connectivity index (χ3v) is 5.00. The molecule has 5 amide bonds. The molecular formula is C20H14Cl3N3O5. The number of amides is 5. The summed E-state index contributed by atoms with van der Waals surface area (Å²) >= 11 is 18.3. The van der Waals surface area contributed by atoms with E-state index in [4.69, 9.17) is 45.3 Å². The third kappa shape index (κ3) is 4.82. The van der Waals surface area contributed by atoms with Crippen molar-refractivity contribution < 1.29 is 23.9 Å². The van der Waals surface area contributed by atoms with Crippen LogP contribution in [0.2, 0.25) is 15.1 Å². The summed E-state index contributed by atoms with van der Waals surface area (Å²) < 4.78 is 5.16. The van der Waals surface area contributed by atoms with Crippen molar-refractivity contribution in [3.8, 4) is 5.75 Å². The molecule has 1 saturated heterocycles. The van der Waals surface area contributed by atoms with E-state index >= 15 is 0 Å². The van der Waals surface area contributed by atoms with Gasteiger partial charge in [0.15, 0.2) is 12.4 Å². The molecule has 0 unspecified atom stereocenters. The number of urea groups is 1. The number of imide groups is 2. The van der Waals surface area contributed by atoms with Crippen molar-refractivity contribution in [3.05, 3.63) is 62.1 Å². The maximum atomic E-state index is 13.0. The molecule has 0 atom stereocenters. The van der Waals surface area contributed by atoms with Gasteiger partial charge in [0.05, 0.1) is 15.7 Å². The lowest BCUT2D eigenvalue weighted by Crippen LogP contribution is -2.54. The average Bonchev–Trinajstić information content (AvgIpc) is 2.67. The van der Waals surface area contributed by atoms with Crippen LogP contribution in [0.4, 0.5) is 10.5 Å². The smallest absolute Gasteiger partial charge is 0.335 e. The predicted octanol–water partition coefficient (Wildman–Crippen LogP) is 3.49. The second-order valence-electron chi connectivity index (χ2n) is 6.46. The second-order valence-corrected chi connectivity index (χ2v) is 7.71. The van der Waals surface area contributed by atoms with E-state index in [0.717, 1.165) is 4.90 Å². The zero-order valence-corrected chi connectivity index (χ0v) is 18.1. The Morgan fingerprint density at radius 3 is 2.39 bits per heavy atom. The number of rotatable bonds is 5. The Morgan fingerprint density at radius 2 is 1.77 bits per heavy atom. The maximum Gasteiger partial charge on any atom is 0.335 e. The molecule has 0 radical (unpaired) electrons. The molecule has 1 aliphatic rings. The Hall–Kier alpha value is -3.07. The number of benzene rings is 2. The van der Waals surface area contributed by atoms with Crippen molar-refractivity contribution in [2.45, 2.75) is 6.92 Å². The largest absolute Gasteiger partial charge is 0.481 e. The summed E-state index contributed by atoms with van der Waals surface area (Å²) in [5, 5.41) is 2.50. The standard InChI is InChI=1S/C20H14Cl3N3O5/c1-9-2-3-11(21)7-15(9)26-19(29)12(18(28)25-20(26)30)4-10-5-13(22)17(14(23)6-10)31-8-16(24)27/h2-7H,8H2,1H3,(H2,24,27)(H,25,28,30)/b12-4+. The van der Waals surface area contributed by atoms with Gasteiger partial charge in [-0.05, 0) is 48.4 Å². The van der Waals surface area contributed by atoms with Crippen LogP contribution in [0, 0.1) is 6.92 Å². The Bertz CT molecular complexity index is 1140. The highest BCUT2D eigenvalue weighted by Gasteiger charge is 2.37. The van der Waals surface area contributed by atoms with Crippen LogP contribution in [0.5, 0.6) is 5.75 Å². The van der Waals surface area contributed by atoms with Gasteiger partial charge >= 0.3 is 6.03 Å². The minimum Gasteiger partial charge on any atom is -0.481 e. The molecule has 0 aliphatic carbocycles. The van der Waals surface area contributed by atoms with E-state index < -0.39 is 30.4 Å². The van der Waals surface area contributed by atoms with Gasteiger partial charge in [-0.25, -0.2) is 9.69 Å². The van der Waals surface area contributed by atoms with Gasteiger partial charge in [0.2, 0.25) is 0 Å². The second kappa shape index (κ2) is 8.97. The van der Waals surface area contributed by atoms with Crippen molar-refractivity contribution in [2.75, 3.05) is 11.5 Å². The Morgan fingerprint density at radius 1 is 1.13 bits per heavy atom. The zero-order valence-electron chi connectivity index (χ0n) is 15.9. The molecule has 1 fully saturated rings. The summed E-state index contributed by atoms with van der Waals surface area (Å²) in [6.07, 6.45) is 1.23. The maximum absolute atomic E-state index is 13.0. The van der Waals surface area contributed by atoms with Gasteiger partial charge in [-0.3, -0.25) is 19.7 Å². The predicted molar refractivity (Wildman–Crippen MR) is 116 cm³/mol. The molecule has 1 aliphatic heterocycles. The number of barbiturate groups is 1. The van der Waals surface area contributed by atoms with Crippen molar-refractivity contribution in [1.82, 2.24) is 5.32 Å². The van der Waals surface area contributed by atoms with Crippen molar-refractivity contribution in [1.29, 1.82) is 0 Å². The van der Waals surface area contributed by atoms with Crippen LogP contribution < -0.4 is 20.7 Å². The van der Waals surface area contributed by atoms with Gasteiger partial charge in [0.25, 0.3) is 17.7 Å². The third-order valence-electron chi connectivity index (χ3n) is 4.20. The number of carbonyl (C=O) groups is 4. The normalized spacial score (nSPS) is 15.3. The highest BCUT2D eigenvalue weighted by Crippen LogP contribution is 2.35. The van der Waals surface area contributed by atoms with E-state index in [1.54, 1.807) is 19.1 Å². The summed E-state index contributed by atoms with van der Waals surface area (Å²) in [7, 11) is 0. The van der Waals surface area contributed by atoms with E-state index in [-0.39, 0.29) is 32.6 Å². The summed E-state index contributed by atoms with van der Waals surface area (Å²) in [4.78, 5) is 49.4. The molecule has 0 aromatic heterocycles. The number of carbonyl (C=O) groups excluding carboxylic acids is 4. The molecular weight excluding hydrogens is 469 g/mol. The Kier molecular flexibility index (Phi) is 6.54. The van der Waals surface area contributed by atoms with Gasteiger partial charge in [-0.2, -0.15) is 0 Å². The lowest BCUT2D eigenvalue weighted by Gasteiger charge is -2.27. The monoisotopic (exact) mass is 481 g/mol. The van der Waals surface area contributed by atoms with Crippen LogP contribution in [0.1, 0.15) is 11.1 Å². The summed E-state index contributed by atoms with van der Waals surface area (Å²) in [6.45, 7) is 1.26. The van der Waals surface area contributed by atoms with E-state index in [1.165, 1.54) is 24.3 Å². The van der Waals surface area contributed by atoms with Crippen LogP contribution >= 0.6 is 34.8 Å². The summed E-state index contributed by atoms with van der Waals surface area (Å²) in [6, 6.07) is 6.55. The van der Waals surface area contributed by atoms with Gasteiger partial charge in [-0.15, -0.1) is 0 Å². The number of hydrogen-bond acceptors (Lipinski definition) is 5. The highest BCUT2D eigenvalue weighted by molar-refractivity contribution is 6.40. The zero-order chi connectivity index (χ0) is 22.9. The van der Waals surface area contributed by atoms with Crippen molar-refractivity contribution >= 4 is 70.3 Å². The molecule has 2 aromatic rings.